The number of aromatic carboxylic acids is 1. The number of carbonyl (C=O) groups is 1. The van der Waals surface area contributed by atoms with Gasteiger partial charge in [-0.15, -0.1) is 5.10 Å². The van der Waals surface area contributed by atoms with E-state index in [1.165, 1.54) is 7.11 Å². The molecule has 1 atom stereocenters. The quantitative estimate of drug-likeness (QED) is 0.665. The molecule has 1 unspecified atom stereocenters. The van der Waals surface area contributed by atoms with E-state index in [4.69, 9.17) is 9.84 Å². The maximum Gasteiger partial charge on any atom is 0.339 e. The van der Waals surface area contributed by atoms with Gasteiger partial charge < -0.3 is 20.3 Å². The molecule has 1 heterocycles. The van der Waals surface area contributed by atoms with Crippen LogP contribution in [-0.2, 0) is 4.74 Å². The number of carboxylic acids is 1. The Kier molecular flexibility index (Phi) is 5.65. The van der Waals surface area contributed by atoms with Crippen LogP contribution >= 0.6 is 0 Å². The van der Waals surface area contributed by atoms with Gasteiger partial charge in [0.05, 0.1) is 18.3 Å². The second kappa shape index (κ2) is 7.01. The first kappa shape index (κ1) is 15.3. The van der Waals surface area contributed by atoms with Gasteiger partial charge in [0.1, 0.15) is 5.56 Å². The molecular weight excluding hydrogens is 250 g/mol. The summed E-state index contributed by atoms with van der Waals surface area (Å²) in [6, 6.07) is -0.218. The fourth-order valence-electron chi connectivity index (χ4n) is 1.72. The van der Waals surface area contributed by atoms with Crippen molar-refractivity contribution in [2.24, 2.45) is 0 Å². The van der Waals surface area contributed by atoms with Crippen molar-refractivity contribution in [2.45, 2.75) is 26.3 Å². The van der Waals surface area contributed by atoms with E-state index in [0.29, 0.717) is 24.3 Å². The Morgan fingerprint density at radius 1 is 1.42 bits per heavy atom. The van der Waals surface area contributed by atoms with Gasteiger partial charge in [0.25, 0.3) is 0 Å². The summed E-state index contributed by atoms with van der Waals surface area (Å²) < 4.78 is 5.01. The monoisotopic (exact) mass is 269 g/mol. The van der Waals surface area contributed by atoms with E-state index in [2.05, 4.69) is 15.5 Å². The zero-order valence-corrected chi connectivity index (χ0v) is 11.3. The minimum absolute atomic E-state index is 0.0261. The first-order valence-electron chi connectivity index (χ1n) is 5.94. The van der Waals surface area contributed by atoms with Gasteiger partial charge in [-0.2, -0.15) is 5.10 Å². The Morgan fingerprint density at radius 3 is 2.63 bits per heavy atom. The van der Waals surface area contributed by atoms with Crippen LogP contribution in [0.25, 0.3) is 0 Å². The molecule has 0 spiro atoms. The topological polar surface area (TPSA) is 105 Å². The van der Waals surface area contributed by atoms with Crippen LogP contribution in [0, 0.1) is 13.8 Å². The number of anilines is 1. The van der Waals surface area contributed by atoms with Crippen molar-refractivity contribution < 1.29 is 19.7 Å². The number of methoxy groups -OCH3 is 1. The lowest BCUT2D eigenvalue weighted by atomic mass is 10.1. The average Bonchev–Trinajstić information content (AvgIpc) is 2.34. The summed E-state index contributed by atoms with van der Waals surface area (Å²) in [5, 5.41) is 29.0. The summed E-state index contributed by atoms with van der Waals surface area (Å²) in [7, 11) is 1.54. The van der Waals surface area contributed by atoms with Gasteiger partial charge in [-0.05, 0) is 25.8 Å². The third-order valence-electron chi connectivity index (χ3n) is 2.85. The summed E-state index contributed by atoms with van der Waals surface area (Å²) in [5.74, 6) is -0.857. The molecule has 19 heavy (non-hydrogen) atoms. The molecule has 0 saturated heterocycles. The van der Waals surface area contributed by atoms with Gasteiger partial charge >= 0.3 is 5.97 Å². The minimum Gasteiger partial charge on any atom is -0.478 e. The lowest BCUT2D eigenvalue weighted by Crippen LogP contribution is -2.28. The van der Waals surface area contributed by atoms with E-state index in [1.807, 2.05) is 0 Å². The van der Waals surface area contributed by atoms with Gasteiger partial charge in [-0.25, -0.2) is 4.79 Å². The number of hydrogen-bond donors (Lipinski definition) is 3. The lowest BCUT2D eigenvalue weighted by Gasteiger charge is -2.19. The van der Waals surface area contributed by atoms with Gasteiger partial charge in [-0.3, -0.25) is 0 Å². The number of carboxylic acid groups (broad SMARTS) is 1. The third-order valence-corrected chi connectivity index (χ3v) is 2.85. The molecule has 1 aromatic heterocycles. The Bertz CT molecular complexity index is 445. The highest BCUT2D eigenvalue weighted by molar-refractivity contribution is 5.94. The SMILES string of the molecule is COCC(CCO)Nc1nnc(C)c(C)c1C(=O)O. The van der Waals surface area contributed by atoms with Crippen LogP contribution in [0.3, 0.4) is 0 Å². The highest BCUT2D eigenvalue weighted by Gasteiger charge is 2.20. The van der Waals surface area contributed by atoms with E-state index in [-0.39, 0.29) is 24.0 Å². The van der Waals surface area contributed by atoms with Gasteiger partial charge in [0.15, 0.2) is 5.82 Å². The van der Waals surface area contributed by atoms with E-state index < -0.39 is 5.97 Å². The van der Waals surface area contributed by atoms with Crippen LogP contribution in [0.2, 0.25) is 0 Å². The number of nitrogens with one attached hydrogen (secondary N) is 1. The number of aryl methyl sites for hydroxylation is 1. The van der Waals surface area contributed by atoms with Crippen LogP contribution in [0.5, 0.6) is 0 Å². The van der Waals surface area contributed by atoms with Crippen LogP contribution < -0.4 is 5.32 Å². The molecule has 0 saturated carbocycles. The predicted octanol–water partition coefficient (Wildman–Crippen LogP) is 0.601. The fourth-order valence-corrected chi connectivity index (χ4v) is 1.72. The molecule has 1 rings (SSSR count). The molecule has 0 aliphatic rings. The molecule has 106 valence electrons. The predicted molar refractivity (Wildman–Crippen MR) is 69.5 cm³/mol. The summed E-state index contributed by atoms with van der Waals surface area (Å²) >= 11 is 0. The fraction of sp³-hybridized carbons (Fsp3) is 0.583. The van der Waals surface area contributed by atoms with Crippen molar-refractivity contribution in [1.82, 2.24) is 10.2 Å². The molecule has 1 aromatic rings. The molecule has 0 amide bonds. The third kappa shape index (κ3) is 3.87. The number of ether oxygens (including phenoxy) is 1. The Balaban J connectivity index is 3.05. The van der Waals surface area contributed by atoms with Crippen LogP contribution in [0.1, 0.15) is 28.0 Å². The van der Waals surface area contributed by atoms with Crippen molar-refractivity contribution in [3.63, 3.8) is 0 Å². The number of hydrogen-bond acceptors (Lipinski definition) is 6. The lowest BCUT2D eigenvalue weighted by molar-refractivity contribution is 0.0696. The Hall–Kier alpha value is -1.73. The molecule has 0 radical (unpaired) electrons. The zero-order valence-electron chi connectivity index (χ0n) is 11.3. The number of nitrogens with zero attached hydrogens (tertiary/aromatic N) is 2. The summed E-state index contributed by atoms with van der Waals surface area (Å²) in [6.07, 6.45) is 0.432. The highest BCUT2D eigenvalue weighted by atomic mass is 16.5. The summed E-state index contributed by atoms with van der Waals surface area (Å²) in [6.45, 7) is 3.71. The summed E-state index contributed by atoms with van der Waals surface area (Å²) in [4.78, 5) is 11.3. The van der Waals surface area contributed by atoms with Crippen molar-refractivity contribution in [3.05, 3.63) is 16.8 Å². The Labute approximate surface area is 111 Å². The summed E-state index contributed by atoms with van der Waals surface area (Å²) in [5.41, 5.74) is 1.25. The minimum atomic E-state index is -1.06. The van der Waals surface area contributed by atoms with Crippen molar-refractivity contribution in [1.29, 1.82) is 0 Å². The molecule has 0 bridgehead atoms. The second-order valence-corrected chi connectivity index (χ2v) is 4.25. The second-order valence-electron chi connectivity index (χ2n) is 4.25. The average molecular weight is 269 g/mol. The molecule has 7 nitrogen and oxygen atoms in total. The largest absolute Gasteiger partial charge is 0.478 e. The standard InChI is InChI=1S/C12H19N3O4/c1-7-8(2)14-15-11(10(7)12(17)18)13-9(4-5-16)6-19-3/h9,16H,4-6H2,1-3H3,(H,13,15)(H,17,18). The number of aliphatic hydroxyl groups excluding tert-OH is 1. The maximum absolute atomic E-state index is 11.3. The molecule has 0 aromatic carbocycles. The molecular formula is C12H19N3O4. The van der Waals surface area contributed by atoms with Crippen LogP contribution in [-0.4, -0.2) is 52.7 Å². The molecule has 3 N–H and O–H groups in total. The Morgan fingerprint density at radius 2 is 2.11 bits per heavy atom. The van der Waals surface area contributed by atoms with Crippen molar-refractivity contribution in [2.75, 3.05) is 25.6 Å². The van der Waals surface area contributed by atoms with E-state index in [1.54, 1.807) is 13.8 Å². The normalized spacial score (nSPS) is 12.2. The molecule has 0 aliphatic carbocycles. The van der Waals surface area contributed by atoms with Gasteiger partial charge in [-0.1, -0.05) is 0 Å². The van der Waals surface area contributed by atoms with Gasteiger partial charge in [0, 0.05) is 13.7 Å². The molecule has 0 fully saturated rings. The number of aliphatic hydroxyl groups is 1. The number of rotatable bonds is 7. The van der Waals surface area contributed by atoms with Crippen molar-refractivity contribution >= 4 is 11.8 Å². The maximum atomic E-state index is 11.3. The van der Waals surface area contributed by atoms with Crippen LogP contribution in [0.4, 0.5) is 5.82 Å². The molecule has 7 heteroatoms. The first-order valence-corrected chi connectivity index (χ1v) is 5.94. The highest BCUT2D eigenvalue weighted by Crippen LogP contribution is 2.19. The first-order chi connectivity index (χ1) is 9.01. The van der Waals surface area contributed by atoms with E-state index in [0.717, 1.165) is 0 Å². The van der Waals surface area contributed by atoms with Crippen molar-refractivity contribution in [3.8, 4) is 0 Å². The smallest absolute Gasteiger partial charge is 0.339 e. The van der Waals surface area contributed by atoms with Gasteiger partial charge in [0.2, 0.25) is 0 Å². The zero-order chi connectivity index (χ0) is 14.4. The van der Waals surface area contributed by atoms with E-state index in [9.17, 15) is 9.90 Å². The number of aromatic nitrogens is 2. The van der Waals surface area contributed by atoms with Crippen LogP contribution in [0.15, 0.2) is 0 Å². The van der Waals surface area contributed by atoms with E-state index >= 15 is 0 Å². The molecule has 0 aliphatic heterocycles.